The van der Waals surface area contributed by atoms with Crippen molar-refractivity contribution in [3.8, 4) is 0 Å². The van der Waals surface area contributed by atoms with E-state index in [1.807, 2.05) is 19.1 Å². The molecule has 2 aromatic rings. The molecule has 19 heavy (non-hydrogen) atoms. The van der Waals surface area contributed by atoms with Crippen molar-refractivity contribution in [2.24, 2.45) is 0 Å². The van der Waals surface area contributed by atoms with Gasteiger partial charge >= 0.3 is 5.97 Å². The molecular formula is C13H10BrNO4. The van der Waals surface area contributed by atoms with Crippen LogP contribution >= 0.6 is 15.9 Å². The number of carboxylic acids is 1. The SMILES string of the molecule is Cc1ccc(Br)c(NC(=O)c2ccc(C(=O)O)o2)c1. The highest BCUT2D eigenvalue weighted by molar-refractivity contribution is 9.10. The Bertz CT molecular complexity index is 648. The van der Waals surface area contributed by atoms with E-state index in [0.717, 1.165) is 10.0 Å². The van der Waals surface area contributed by atoms with E-state index >= 15 is 0 Å². The highest BCUT2D eigenvalue weighted by Crippen LogP contribution is 2.24. The summed E-state index contributed by atoms with van der Waals surface area (Å²) in [5, 5.41) is 11.4. The first-order valence-corrected chi connectivity index (χ1v) is 6.17. The zero-order valence-corrected chi connectivity index (χ0v) is 11.5. The number of hydrogen-bond donors (Lipinski definition) is 2. The number of rotatable bonds is 3. The fourth-order valence-electron chi connectivity index (χ4n) is 1.49. The lowest BCUT2D eigenvalue weighted by Crippen LogP contribution is -2.11. The number of aryl methyl sites for hydroxylation is 1. The second kappa shape index (κ2) is 5.27. The maximum Gasteiger partial charge on any atom is 0.371 e. The Hall–Kier alpha value is -2.08. The fourth-order valence-corrected chi connectivity index (χ4v) is 1.84. The van der Waals surface area contributed by atoms with Crippen LogP contribution in [0.5, 0.6) is 0 Å². The molecule has 2 rings (SSSR count). The molecular weight excluding hydrogens is 314 g/mol. The first-order valence-electron chi connectivity index (χ1n) is 5.38. The van der Waals surface area contributed by atoms with Crippen LogP contribution in [0.4, 0.5) is 5.69 Å². The predicted molar refractivity (Wildman–Crippen MR) is 72.5 cm³/mol. The minimum atomic E-state index is -1.21. The minimum Gasteiger partial charge on any atom is -0.475 e. The van der Waals surface area contributed by atoms with Crippen molar-refractivity contribution in [2.75, 3.05) is 5.32 Å². The van der Waals surface area contributed by atoms with E-state index in [0.29, 0.717) is 5.69 Å². The molecule has 0 aliphatic heterocycles. The van der Waals surface area contributed by atoms with E-state index in [1.165, 1.54) is 12.1 Å². The molecule has 1 aromatic carbocycles. The summed E-state index contributed by atoms with van der Waals surface area (Å²) in [5.74, 6) is -2.03. The van der Waals surface area contributed by atoms with Crippen LogP contribution in [0, 0.1) is 6.92 Å². The van der Waals surface area contributed by atoms with Gasteiger partial charge in [0.1, 0.15) is 0 Å². The lowest BCUT2D eigenvalue weighted by molar-refractivity contribution is 0.0660. The van der Waals surface area contributed by atoms with Crippen LogP contribution in [-0.2, 0) is 0 Å². The molecule has 6 heteroatoms. The van der Waals surface area contributed by atoms with Crippen molar-refractivity contribution < 1.29 is 19.1 Å². The third-order valence-electron chi connectivity index (χ3n) is 2.41. The molecule has 0 spiro atoms. The molecule has 0 atom stereocenters. The average Bonchev–Trinajstić information content (AvgIpc) is 2.83. The smallest absolute Gasteiger partial charge is 0.371 e. The van der Waals surface area contributed by atoms with Crippen molar-refractivity contribution in [3.63, 3.8) is 0 Å². The third-order valence-corrected chi connectivity index (χ3v) is 3.10. The number of aromatic carboxylic acids is 1. The summed E-state index contributed by atoms with van der Waals surface area (Å²) in [7, 11) is 0. The quantitative estimate of drug-likeness (QED) is 0.908. The molecule has 0 saturated heterocycles. The van der Waals surface area contributed by atoms with Crippen molar-refractivity contribution in [1.82, 2.24) is 0 Å². The molecule has 0 radical (unpaired) electrons. The average molecular weight is 324 g/mol. The van der Waals surface area contributed by atoms with Gasteiger partial charge in [-0.25, -0.2) is 4.79 Å². The Kier molecular flexibility index (Phi) is 3.71. The van der Waals surface area contributed by atoms with E-state index in [2.05, 4.69) is 21.2 Å². The monoisotopic (exact) mass is 323 g/mol. The van der Waals surface area contributed by atoms with Gasteiger partial charge in [-0.3, -0.25) is 4.79 Å². The van der Waals surface area contributed by atoms with Gasteiger partial charge in [0.2, 0.25) is 5.76 Å². The van der Waals surface area contributed by atoms with Gasteiger partial charge in [-0.15, -0.1) is 0 Å². The third kappa shape index (κ3) is 3.03. The van der Waals surface area contributed by atoms with E-state index in [1.54, 1.807) is 6.07 Å². The number of benzene rings is 1. The topological polar surface area (TPSA) is 79.5 Å². The molecule has 1 amide bonds. The first kappa shape index (κ1) is 13.4. The summed E-state index contributed by atoms with van der Waals surface area (Å²) in [6, 6.07) is 8.07. The Morgan fingerprint density at radius 2 is 1.89 bits per heavy atom. The van der Waals surface area contributed by atoms with Crippen LogP contribution in [0.3, 0.4) is 0 Å². The molecule has 98 valence electrons. The summed E-state index contributed by atoms with van der Waals surface area (Å²) in [4.78, 5) is 22.6. The second-order valence-electron chi connectivity index (χ2n) is 3.91. The van der Waals surface area contributed by atoms with Crippen molar-refractivity contribution >= 4 is 33.5 Å². The Morgan fingerprint density at radius 1 is 1.21 bits per heavy atom. The molecule has 0 fully saturated rings. The van der Waals surface area contributed by atoms with Crippen molar-refractivity contribution in [1.29, 1.82) is 0 Å². The van der Waals surface area contributed by atoms with Crippen molar-refractivity contribution in [3.05, 3.63) is 51.9 Å². The lowest BCUT2D eigenvalue weighted by Gasteiger charge is -2.06. The molecule has 1 aromatic heterocycles. The molecule has 0 aliphatic rings. The summed E-state index contributed by atoms with van der Waals surface area (Å²) in [6.45, 7) is 1.90. The number of carbonyl (C=O) groups excluding carboxylic acids is 1. The number of carbonyl (C=O) groups is 2. The van der Waals surface area contributed by atoms with E-state index in [4.69, 9.17) is 9.52 Å². The van der Waals surface area contributed by atoms with Gasteiger partial charge < -0.3 is 14.8 Å². The number of furan rings is 1. The summed E-state index contributed by atoms with van der Waals surface area (Å²) in [5.41, 5.74) is 1.59. The molecule has 0 unspecified atom stereocenters. The van der Waals surface area contributed by atoms with Crippen LogP contribution in [-0.4, -0.2) is 17.0 Å². The van der Waals surface area contributed by atoms with E-state index < -0.39 is 11.9 Å². The number of halogens is 1. The summed E-state index contributed by atoms with van der Waals surface area (Å²) >= 11 is 3.32. The molecule has 5 nitrogen and oxygen atoms in total. The molecule has 1 heterocycles. The van der Waals surface area contributed by atoms with Gasteiger partial charge in [-0.1, -0.05) is 6.07 Å². The number of amides is 1. The van der Waals surface area contributed by atoms with E-state index in [9.17, 15) is 9.59 Å². The molecule has 2 N–H and O–H groups in total. The van der Waals surface area contributed by atoms with Gasteiger partial charge in [0, 0.05) is 4.47 Å². The minimum absolute atomic E-state index is 0.0502. The van der Waals surface area contributed by atoms with Crippen LogP contribution in [0.2, 0.25) is 0 Å². The normalized spacial score (nSPS) is 10.2. The number of hydrogen-bond acceptors (Lipinski definition) is 3. The maximum absolute atomic E-state index is 11.9. The van der Waals surface area contributed by atoms with Gasteiger partial charge in [0.25, 0.3) is 5.91 Å². The van der Waals surface area contributed by atoms with Gasteiger partial charge in [0.05, 0.1) is 5.69 Å². The molecule has 0 bridgehead atoms. The van der Waals surface area contributed by atoms with E-state index in [-0.39, 0.29) is 11.5 Å². The van der Waals surface area contributed by atoms with Crippen LogP contribution < -0.4 is 5.32 Å². The second-order valence-corrected chi connectivity index (χ2v) is 4.76. The fraction of sp³-hybridized carbons (Fsp3) is 0.0769. The van der Waals surface area contributed by atoms with Gasteiger partial charge in [-0.2, -0.15) is 0 Å². The highest BCUT2D eigenvalue weighted by Gasteiger charge is 2.15. The zero-order valence-electron chi connectivity index (χ0n) is 9.94. The number of anilines is 1. The summed E-state index contributed by atoms with van der Waals surface area (Å²) in [6.07, 6.45) is 0. The predicted octanol–water partition coefficient (Wildman–Crippen LogP) is 3.30. The lowest BCUT2D eigenvalue weighted by atomic mass is 10.2. The van der Waals surface area contributed by atoms with Crippen LogP contribution in [0.15, 0.2) is 39.2 Å². The summed E-state index contributed by atoms with van der Waals surface area (Å²) < 4.78 is 5.66. The van der Waals surface area contributed by atoms with Crippen molar-refractivity contribution in [2.45, 2.75) is 6.92 Å². The number of carboxylic acid groups (broad SMARTS) is 1. The van der Waals surface area contributed by atoms with Crippen LogP contribution in [0.1, 0.15) is 26.7 Å². The largest absolute Gasteiger partial charge is 0.475 e. The Morgan fingerprint density at radius 3 is 2.53 bits per heavy atom. The van der Waals surface area contributed by atoms with Gasteiger partial charge in [-0.05, 0) is 52.7 Å². The standard InChI is InChI=1S/C13H10BrNO4/c1-7-2-3-8(14)9(6-7)15-12(16)10-4-5-11(19-10)13(17)18/h2-6H,1H3,(H,15,16)(H,17,18). The Labute approximate surface area is 117 Å². The molecule has 0 aliphatic carbocycles. The molecule has 0 saturated carbocycles. The Balaban J connectivity index is 2.20. The first-order chi connectivity index (χ1) is 8.97. The van der Waals surface area contributed by atoms with Gasteiger partial charge in [0.15, 0.2) is 5.76 Å². The highest BCUT2D eigenvalue weighted by atomic mass is 79.9. The zero-order chi connectivity index (χ0) is 14.0. The number of nitrogens with one attached hydrogen (secondary N) is 1. The van der Waals surface area contributed by atoms with Crippen LogP contribution in [0.25, 0.3) is 0 Å². The maximum atomic E-state index is 11.9.